The topological polar surface area (TPSA) is 75.3 Å². The predicted octanol–water partition coefficient (Wildman–Crippen LogP) is 3.92. The molecule has 0 heterocycles. The zero-order valence-corrected chi connectivity index (χ0v) is 16.3. The SMILES string of the molecule is Cc1cccc(C)c1NC(=O)[C@H](C)NS(=O)(=O)c1cc(Cl)ccc1Cl. The van der Waals surface area contributed by atoms with E-state index >= 15 is 0 Å². The smallest absolute Gasteiger partial charge is 0.242 e. The number of hydrogen-bond acceptors (Lipinski definition) is 3. The molecule has 25 heavy (non-hydrogen) atoms. The summed E-state index contributed by atoms with van der Waals surface area (Å²) in [6, 6.07) is 8.72. The van der Waals surface area contributed by atoms with Crippen molar-refractivity contribution in [2.75, 3.05) is 5.32 Å². The summed E-state index contributed by atoms with van der Waals surface area (Å²) in [7, 11) is -4.00. The van der Waals surface area contributed by atoms with Gasteiger partial charge in [0.1, 0.15) is 4.90 Å². The Morgan fingerprint density at radius 2 is 1.68 bits per heavy atom. The molecule has 2 rings (SSSR count). The molecule has 134 valence electrons. The molecule has 2 aromatic rings. The van der Waals surface area contributed by atoms with Gasteiger partial charge >= 0.3 is 0 Å². The zero-order chi connectivity index (χ0) is 18.8. The molecule has 0 spiro atoms. The molecule has 0 aromatic heterocycles. The molecular formula is C17H18Cl2N2O3S. The van der Waals surface area contributed by atoms with Crippen molar-refractivity contribution in [3.63, 3.8) is 0 Å². The second kappa shape index (κ2) is 7.74. The van der Waals surface area contributed by atoms with Crippen molar-refractivity contribution in [2.45, 2.75) is 31.7 Å². The summed E-state index contributed by atoms with van der Waals surface area (Å²) in [6.07, 6.45) is 0. The third-order valence-corrected chi connectivity index (χ3v) is 5.89. The molecule has 0 aliphatic heterocycles. The Bertz CT molecular complexity index is 894. The Morgan fingerprint density at radius 1 is 1.08 bits per heavy atom. The molecule has 1 atom stereocenters. The summed E-state index contributed by atoms with van der Waals surface area (Å²) in [5, 5.41) is 3.01. The number of rotatable bonds is 5. The Labute approximate surface area is 157 Å². The third kappa shape index (κ3) is 4.73. The molecule has 1 amide bonds. The van der Waals surface area contributed by atoms with Gasteiger partial charge in [-0.1, -0.05) is 41.4 Å². The van der Waals surface area contributed by atoms with Crippen molar-refractivity contribution in [2.24, 2.45) is 0 Å². The van der Waals surface area contributed by atoms with E-state index in [1.54, 1.807) is 0 Å². The van der Waals surface area contributed by atoms with Crippen LogP contribution in [0.3, 0.4) is 0 Å². The monoisotopic (exact) mass is 400 g/mol. The van der Waals surface area contributed by atoms with Crippen molar-refractivity contribution in [1.82, 2.24) is 4.72 Å². The first-order chi connectivity index (χ1) is 11.6. The van der Waals surface area contributed by atoms with E-state index in [1.165, 1.54) is 25.1 Å². The number of aryl methyl sites for hydroxylation is 2. The molecule has 0 fully saturated rings. The molecule has 0 saturated carbocycles. The lowest BCUT2D eigenvalue weighted by atomic mass is 10.1. The number of benzene rings is 2. The standard InChI is InChI=1S/C17H18Cl2N2O3S/c1-10-5-4-6-11(2)16(10)20-17(22)12(3)21-25(23,24)15-9-13(18)7-8-14(15)19/h4-9,12,21H,1-3H3,(H,20,22)/t12-/m0/s1. The Kier molecular flexibility index (Phi) is 6.11. The second-order valence-corrected chi connectivity index (χ2v) is 8.20. The van der Waals surface area contributed by atoms with Gasteiger partial charge < -0.3 is 5.32 Å². The summed E-state index contributed by atoms with van der Waals surface area (Å²) < 4.78 is 27.3. The molecule has 0 radical (unpaired) electrons. The number of nitrogens with one attached hydrogen (secondary N) is 2. The van der Waals surface area contributed by atoms with Crippen LogP contribution < -0.4 is 10.0 Å². The summed E-state index contributed by atoms with van der Waals surface area (Å²) in [6.45, 7) is 5.19. The van der Waals surface area contributed by atoms with Gasteiger partial charge in [0, 0.05) is 10.7 Å². The fourth-order valence-electron chi connectivity index (χ4n) is 2.28. The van der Waals surface area contributed by atoms with Crippen LogP contribution in [0.2, 0.25) is 10.0 Å². The highest BCUT2D eigenvalue weighted by Gasteiger charge is 2.25. The number of carbonyl (C=O) groups excluding carboxylic acids is 1. The maximum absolute atomic E-state index is 12.5. The van der Waals surface area contributed by atoms with E-state index < -0.39 is 22.0 Å². The number of para-hydroxylation sites is 1. The van der Waals surface area contributed by atoms with Crippen LogP contribution >= 0.6 is 23.2 Å². The quantitative estimate of drug-likeness (QED) is 0.798. The fraction of sp³-hybridized carbons (Fsp3) is 0.235. The Hall–Kier alpha value is -1.60. The van der Waals surface area contributed by atoms with Crippen LogP contribution in [-0.4, -0.2) is 20.4 Å². The van der Waals surface area contributed by atoms with E-state index in [4.69, 9.17) is 23.2 Å². The van der Waals surface area contributed by atoms with Gasteiger partial charge in [-0.15, -0.1) is 0 Å². The average molecular weight is 401 g/mol. The number of halogens is 2. The van der Waals surface area contributed by atoms with E-state index in [9.17, 15) is 13.2 Å². The first kappa shape index (κ1) is 19.7. The van der Waals surface area contributed by atoms with Gasteiger partial charge in [-0.25, -0.2) is 8.42 Å². The fourth-order valence-corrected chi connectivity index (χ4v) is 4.24. The molecule has 0 aliphatic rings. The van der Waals surface area contributed by atoms with Crippen molar-refractivity contribution in [3.8, 4) is 0 Å². The van der Waals surface area contributed by atoms with E-state index in [0.29, 0.717) is 5.69 Å². The predicted molar refractivity (Wildman–Crippen MR) is 101 cm³/mol. The number of carbonyl (C=O) groups is 1. The molecular weight excluding hydrogens is 383 g/mol. The molecule has 2 aromatic carbocycles. The van der Waals surface area contributed by atoms with Gasteiger partial charge in [-0.2, -0.15) is 4.72 Å². The molecule has 2 N–H and O–H groups in total. The van der Waals surface area contributed by atoms with Gasteiger partial charge in [-0.05, 0) is 50.1 Å². The average Bonchev–Trinajstić information content (AvgIpc) is 2.52. The number of sulfonamides is 1. The van der Waals surface area contributed by atoms with Gasteiger partial charge in [0.2, 0.25) is 15.9 Å². The van der Waals surface area contributed by atoms with E-state index in [1.807, 2.05) is 32.0 Å². The number of anilines is 1. The van der Waals surface area contributed by atoms with Crippen LogP contribution in [0, 0.1) is 13.8 Å². The largest absolute Gasteiger partial charge is 0.324 e. The highest BCUT2D eigenvalue weighted by molar-refractivity contribution is 7.89. The van der Waals surface area contributed by atoms with Crippen molar-refractivity contribution >= 4 is 44.8 Å². The van der Waals surface area contributed by atoms with Crippen molar-refractivity contribution < 1.29 is 13.2 Å². The van der Waals surface area contributed by atoms with Gasteiger partial charge in [0.15, 0.2) is 0 Å². The maximum Gasteiger partial charge on any atom is 0.242 e. The Balaban J connectivity index is 2.19. The first-order valence-corrected chi connectivity index (χ1v) is 9.70. The minimum absolute atomic E-state index is 0.0271. The number of hydrogen-bond donors (Lipinski definition) is 2. The lowest BCUT2D eigenvalue weighted by Crippen LogP contribution is -2.41. The third-order valence-electron chi connectivity index (χ3n) is 3.64. The van der Waals surface area contributed by atoms with Gasteiger partial charge in [0.25, 0.3) is 0 Å². The summed E-state index contributed by atoms with van der Waals surface area (Å²) in [5.41, 5.74) is 2.45. The highest BCUT2D eigenvalue weighted by Crippen LogP contribution is 2.25. The van der Waals surface area contributed by atoms with Crippen molar-refractivity contribution in [3.05, 3.63) is 57.6 Å². The normalized spacial score (nSPS) is 12.7. The molecule has 0 aliphatic carbocycles. The zero-order valence-electron chi connectivity index (χ0n) is 13.9. The summed E-state index contributed by atoms with van der Waals surface area (Å²) in [4.78, 5) is 12.2. The van der Waals surface area contributed by atoms with Gasteiger partial charge in [-0.3, -0.25) is 4.79 Å². The van der Waals surface area contributed by atoms with Crippen LogP contribution in [0.25, 0.3) is 0 Å². The summed E-state index contributed by atoms with van der Waals surface area (Å²) in [5.74, 6) is -0.473. The lowest BCUT2D eigenvalue weighted by Gasteiger charge is -2.17. The van der Waals surface area contributed by atoms with E-state index in [0.717, 1.165) is 11.1 Å². The molecule has 0 saturated heterocycles. The second-order valence-electron chi connectivity index (χ2n) is 5.67. The molecule has 0 bridgehead atoms. The van der Waals surface area contributed by atoms with E-state index in [-0.39, 0.29) is 14.9 Å². The lowest BCUT2D eigenvalue weighted by molar-refractivity contribution is -0.117. The molecule has 5 nitrogen and oxygen atoms in total. The maximum atomic E-state index is 12.5. The van der Waals surface area contributed by atoms with Crippen LogP contribution in [0.4, 0.5) is 5.69 Å². The first-order valence-electron chi connectivity index (χ1n) is 7.46. The van der Waals surface area contributed by atoms with Crippen LogP contribution in [-0.2, 0) is 14.8 Å². The van der Waals surface area contributed by atoms with Crippen LogP contribution in [0.1, 0.15) is 18.1 Å². The van der Waals surface area contributed by atoms with Crippen LogP contribution in [0.5, 0.6) is 0 Å². The highest BCUT2D eigenvalue weighted by atomic mass is 35.5. The summed E-state index contributed by atoms with van der Waals surface area (Å²) >= 11 is 11.8. The van der Waals surface area contributed by atoms with Crippen LogP contribution in [0.15, 0.2) is 41.3 Å². The van der Waals surface area contributed by atoms with Crippen molar-refractivity contribution in [1.29, 1.82) is 0 Å². The molecule has 0 unspecified atom stereocenters. The minimum atomic E-state index is -4.00. The van der Waals surface area contributed by atoms with Gasteiger partial charge in [0.05, 0.1) is 11.1 Å². The number of amides is 1. The minimum Gasteiger partial charge on any atom is -0.324 e. The Morgan fingerprint density at radius 3 is 2.28 bits per heavy atom. The molecule has 8 heteroatoms. The van der Waals surface area contributed by atoms with E-state index in [2.05, 4.69) is 10.0 Å².